The van der Waals surface area contributed by atoms with Crippen molar-refractivity contribution >= 4 is 0 Å². The highest BCUT2D eigenvalue weighted by molar-refractivity contribution is 5.15. The molecule has 1 rings (SSSR count). The van der Waals surface area contributed by atoms with Crippen LogP contribution in [-0.2, 0) is 13.1 Å². The first-order valence-corrected chi connectivity index (χ1v) is 6.10. The minimum atomic E-state index is 0.0824. The van der Waals surface area contributed by atoms with Crippen molar-refractivity contribution in [1.82, 2.24) is 4.57 Å². The van der Waals surface area contributed by atoms with E-state index in [9.17, 15) is 4.79 Å². The predicted octanol–water partition coefficient (Wildman–Crippen LogP) is 2.20. The number of nitrogens with two attached hydrogens (primary N) is 1. The van der Waals surface area contributed by atoms with E-state index in [1.807, 2.05) is 23.6 Å². The van der Waals surface area contributed by atoms with Gasteiger partial charge in [0.15, 0.2) is 0 Å². The summed E-state index contributed by atoms with van der Waals surface area (Å²) < 4.78 is 1.85. The number of rotatable bonds is 6. The van der Waals surface area contributed by atoms with Crippen molar-refractivity contribution in [3.63, 3.8) is 0 Å². The van der Waals surface area contributed by atoms with Crippen molar-refractivity contribution in [2.75, 3.05) is 0 Å². The van der Waals surface area contributed by atoms with Gasteiger partial charge >= 0.3 is 0 Å². The molecule has 0 spiro atoms. The van der Waals surface area contributed by atoms with Gasteiger partial charge in [0, 0.05) is 24.3 Å². The largest absolute Gasteiger partial charge is 0.326 e. The summed E-state index contributed by atoms with van der Waals surface area (Å²) in [6.45, 7) is 5.31. The molecule has 3 heteroatoms. The van der Waals surface area contributed by atoms with Crippen molar-refractivity contribution < 1.29 is 0 Å². The average molecular weight is 222 g/mol. The van der Waals surface area contributed by atoms with Crippen LogP contribution in [0.2, 0.25) is 0 Å². The summed E-state index contributed by atoms with van der Waals surface area (Å²) in [5.74, 6) is 0. The Labute approximate surface area is 97.3 Å². The number of nitrogens with zero attached hydrogens (tertiary/aromatic N) is 1. The van der Waals surface area contributed by atoms with Crippen molar-refractivity contribution in [3.05, 3.63) is 33.7 Å². The molecule has 16 heavy (non-hydrogen) atoms. The van der Waals surface area contributed by atoms with Crippen LogP contribution in [0.3, 0.4) is 0 Å². The molecular formula is C13H22N2O. The van der Waals surface area contributed by atoms with E-state index in [2.05, 4.69) is 6.92 Å². The van der Waals surface area contributed by atoms with Crippen LogP contribution in [0.4, 0.5) is 0 Å². The molecule has 1 heterocycles. The first-order chi connectivity index (χ1) is 7.70. The molecule has 1 aromatic heterocycles. The van der Waals surface area contributed by atoms with Gasteiger partial charge in [-0.15, -0.1) is 0 Å². The van der Waals surface area contributed by atoms with Crippen LogP contribution in [0.25, 0.3) is 0 Å². The second-order valence-electron chi connectivity index (χ2n) is 4.22. The van der Waals surface area contributed by atoms with Gasteiger partial charge in [0.2, 0.25) is 0 Å². The smallest absolute Gasteiger partial charge is 0.255 e. The number of hydrogen-bond acceptors (Lipinski definition) is 2. The molecule has 0 radical (unpaired) electrons. The van der Waals surface area contributed by atoms with Crippen molar-refractivity contribution in [2.45, 2.75) is 52.6 Å². The number of pyridine rings is 1. The molecule has 0 aromatic carbocycles. The zero-order valence-electron chi connectivity index (χ0n) is 10.3. The Kier molecular flexibility index (Phi) is 5.26. The number of aromatic nitrogens is 1. The van der Waals surface area contributed by atoms with Crippen molar-refractivity contribution in [3.8, 4) is 0 Å². The third-order valence-electron chi connectivity index (χ3n) is 2.93. The van der Waals surface area contributed by atoms with Crippen molar-refractivity contribution in [1.29, 1.82) is 0 Å². The van der Waals surface area contributed by atoms with Crippen LogP contribution < -0.4 is 11.3 Å². The standard InChI is InChI=1S/C13H22N2O/c1-3-4-5-6-9-15-11(2)7-8-12(10-14)13(15)16/h7-8H,3-6,9-10,14H2,1-2H3. The molecule has 2 N–H and O–H groups in total. The number of unbranched alkanes of at least 4 members (excludes halogenated alkanes) is 3. The van der Waals surface area contributed by atoms with E-state index in [0.29, 0.717) is 12.1 Å². The SMILES string of the molecule is CCCCCCn1c(C)ccc(CN)c1=O. The summed E-state index contributed by atoms with van der Waals surface area (Å²) in [6.07, 6.45) is 4.72. The molecule has 3 nitrogen and oxygen atoms in total. The highest BCUT2D eigenvalue weighted by Crippen LogP contribution is 2.04. The van der Waals surface area contributed by atoms with Gasteiger partial charge in [0.1, 0.15) is 0 Å². The monoisotopic (exact) mass is 222 g/mol. The van der Waals surface area contributed by atoms with Gasteiger partial charge in [0.05, 0.1) is 0 Å². The van der Waals surface area contributed by atoms with Gasteiger partial charge in [-0.25, -0.2) is 0 Å². The Morgan fingerprint density at radius 3 is 2.62 bits per heavy atom. The molecule has 0 amide bonds. The Morgan fingerprint density at radius 2 is 2.00 bits per heavy atom. The highest BCUT2D eigenvalue weighted by Gasteiger charge is 2.04. The molecule has 0 unspecified atom stereocenters. The fourth-order valence-corrected chi connectivity index (χ4v) is 1.85. The molecule has 0 aliphatic carbocycles. The predicted molar refractivity (Wildman–Crippen MR) is 67.5 cm³/mol. The Balaban J connectivity index is 2.74. The minimum Gasteiger partial charge on any atom is -0.326 e. The molecule has 1 aromatic rings. The Bertz CT molecular complexity index is 382. The van der Waals surface area contributed by atoms with E-state index in [1.165, 1.54) is 19.3 Å². The van der Waals surface area contributed by atoms with Crippen LogP contribution in [0.1, 0.15) is 43.9 Å². The quantitative estimate of drug-likeness (QED) is 0.750. The summed E-state index contributed by atoms with van der Waals surface area (Å²) in [4.78, 5) is 12.0. The molecule has 0 fully saturated rings. The molecule has 0 saturated carbocycles. The van der Waals surface area contributed by atoms with Crippen LogP contribution in [0.15, 0.2) is 16.9 Å². The highest BCUT2D eigenvalue weighted by atomic mass is 16.1. The van der Waals surface area contributed by atoms with Gasteiger partial charge in [-0.1, -0.05) is 32.3 Å². The molecule has 90 valence electrons. The van der Waals surface area contributed by atoms with Crippen LogP contribution in [0, 0.1) is 6.92 Å². The van der Waals surface area contributed by atoms with Crippen LogP contribution >= 0.6 is 0 Å². The first-order valence-electron chi connectivity index (χ1n) is 6.10. The molecule has 0 aliphatic heterocycles. The third kappa shape index (κ3) is 3.20. The van der Waals surface area contributed by atoms with Crippen LogP contribution in [0.5, 0.6) is 0 Å². The number of aryl methyl sites for hydroxylation is 1. The molecule has 0 atom stereocenters. The van der Waals surface area contributed by atoms with Gasteiger partial charge in [-0.2, -0.15) is 0 Å². The topological polar surface area (TPSA) is 48.0 Å². The second-order valence-corrected chi connectivity index (χ2v) is 4.22. The minimum absolute atomic E-state index is 0.0824. The van der Waals surface area contributed by atoms with E-state index in [1.54, 1.807) is 0 Å². The lowest BCUT2D eigenvalue weighted by Gasteiger charge is -2.11. The van der Waals surface area contributed by atoms with Gasteiger partial charge in [-0.3, -0.25) is 4.79 Å². The lowest BCUT2D eigenvalue weighted by molar-refractivity contribution is 0.558. The third-order valence-corrected chi connectivity index (χ3v) is 2.93. The van der Waals surface area contributed by atoms with E-state index in [0.717, 1.165) is 18.7 Å². The van der Waals surface area contributed by atoms with Gasteiger partial charge in [-0.05, 0) is 19.4 Å². The van der Waals surface area contributed by atoms with Gasteiger partial charge < -0.3 is 10.3 Å². The lowest BCUT2D eigenvalue weighted by Crippen LogP contribution is -2.26. The average Bonchev–Trinajstić information content (AvgIpc) is 2.28. The molecular weight excluding hydrogens is 200 g/mol. The van der Waals surface area contributed by atoms with Crippen LogP contribution in [-0.4, -0.2) is 4.57 Å². The zero-order chi connectivity index (χ0) is 12.0. The fraction of sp³-hybridized carbons (Fsp3) is 0.615. The Morgan fingerprint density at radius 1 is 1.25 bits per heavy atom. The first kappa shape index (κ1) is 13.0. The zero-order valence-corrected chi connectivity index (χ0v) is 10.3. The maximum Gasteiger partial charge on any atom is 0.255 e. The van der Waals surface area contributed by atoms with E-state index >= 15 is 0 Å². The molecule has 0 saturated heterocycles. The second kappa shape index (κ2) is 6.48. The summed E-state index contributed by atoms with van der Waals surface area (Å²) in [5, 5.41) is 0. The maximum atomic E-state index is 12.0. The van der Waals surface area contributed by atoms with Gasteiger partial charge in [0.25, 0.3) is 5.56 Å². The van der Waals surface area contributed by atoms with E-state index < -0.39 is 0 Å². The summed E-state index contributed by atoms with van der Waals surface area (Å²) >= 11 is 0. The summed E-state index contributed by atoms with van der Waals surface area (Å²) in [5.41, 5.74) is 7.35. The van der Waals surface area contributed by atoms with Crippen molar-refractivity contribution in [2.24, 2.45) is 5.73 Å². The number of hydrogen-bond donors (Lipinski definition) is 1. The summed E-state index contributed by atoms with van der Waals surface area (Å²) in [7, 11) is 0. The summed E-state index contributed by atoms with van der Waals surface area (Å²) in [6, 6.07) is 3.81. The van der Waals surface area contributed by atoms with E-state index in [-0.39, 0.29) is 5.56 Å². The molecule has 0 aliphatic rings. The fourth-order valence-electron chi connectivity index (χ4n) is 1.85. The van der Waals surface area contributed by atoms with E-state index in [4.69, 9.17) is 5.73 Å². The normalized spacial score (nSPS) is 10.7. The Hall–Kier alpha value is -1.09. The molecule has 0 bridgehead atoms. The maximum absolute atomic E-state index is 12.0. The lowest BCUT2D eigenvalue weighted by atomic mass is 10.2.